The fraction of sp³-hybridized carbons (Fsp3) is 0.321. The molecule has 3 nitrogen and oxygen atoms in total. The van der Waals surface area contributed by atoms with Crippen LogP contribution in [0.5, 0.6) is 0 Å². The molecule has 0 radical (unpaired) electrons. The third kappa shape index (κ3) is 5.52. The van der Waals surface area contributed by atoms with Crippen molar-refractivity contribution in [2.75, 3.05) is 0 Å². The summed E-state index contributed by atoms with van der Waals surface area (Å²) < 4.78 is 0. The van der Waals surface area contributed by atoms with E-state index in [0.717, 1.165) is 58.2 Å². The number of benzene rings is 2. The van der Waals surface area contributed by atoms with Crippen molar-refractivity contribution in [2.45, 2.75) is 61.3 Å². The molecule has 0 N–H and O–H groups in total. The Kier molecular flexibility index (Phi) is 7.63. The SMILES string of the molecule is CCCc1cc(C)cc(C)c1/N=C(\C)c1cccc(/C(C)=N/c2c(C)cc(C)cc2Cl)n1. The number of aryl methyl sites for hydroxylation is 5. The van der Waals surface area contributed by atoms with Crippen LogP contribution in [0.25, 0.3) is 0 Å². The maximum absolute atomic E-state index is 6.46. The van der Waals surface area contributed by atoms with Crippen LogP contribution in [0.15, 0.2) is 52.4 Å². The van der Waals surface area contributed by atoms with Gasteiger partial charge in [0.15, 0.2) is 0 Å². The molecule has 0 unspecified atom stereocenters. The Morgan fingerprint density at radius 1 is 0.812 bits per heavy atom. The van der Waals surface area contributed by atoms with E-state index in [1.54, 1.807) is 0 Å². The number of rotatable bonds is 6. The number of pyridine rings is 1. The van der Waals surface area contributed by atoms with E-state index in [1.807, 2.05) is 52.0 Å². The lowest BCUT2D eigenvalue weighted by molar-refractivity contribution is 0.918. The first-order chi connectivity index (χ1) is 15.2. The summed E-state index contributed by atoms with van der Waals surface area (Å²) in [5.41, 5.74) is 11.2. The first kappa shape index (κ1) is 23.9. The summed E-state index contributed by atoms with van der Waals surface area (Å²) >= 11 is 6.46. The molecule has 0 spiro atoms. The third-order valence-corrected chi connectivity index (χ3v) is 5.78. The van der Waals surface area contributed by atoms with Crippen molar-refractivity contribution in [2.24, 2.45) is 9.98 Å². The third-order valence-electron chi connectivity index (χ3n) is 5.49. The summed E-state index contributed by atoms with van der Waals surface area (Å²) in [6.07, 6.45) is 2.11. The van der Waals surface area contributed by atoms with E-state index in [2.05, 4.69) is 39.0 Å². The second-order valence-corrected chi connectivity index (χ2v) is 8.96. The molecule has 0 amide bonds. The largest absolute Gasteiger partial charge is 0.251 e. The molecule has 166 valence electrons. The van der Waals surface area contributed by atoms with Gasteiger partial charge in [-0.05, 0) is 88.4 Å². The molecule has 0 fully saturated rings. The van der Waals surface area contributed by atoms with Gasteiger partial charge in [-0.25, -0.2) is 9.98 Å². The van der Waals surface area contributed by atoms with E-state index in [9.17, 15) is 0 Å². The Hall–Kier alpha value is -2.78. The lowest BCUT2D eigenvalue weighted by Crippen LogP contribution is -2.05. The molecule has 0 atom stereocenters. The first-order valence-corrected chi connectivity index (χ1v) is 11.5. The predicted molar refractivity (Wildman–Crippen MR) is 139 cm³/mol. The summed E-state index contributed by atoms with van der Waals surface area (Å²) in [5, 5.41) is 0.661. The molecule has 1 heterocycles. The minimum atomic E-state index is 0.661. The zero-order chi connectivity index (χ0) is 23.4. The molecule has 0 saturated heterocycles. The first-order valence-electron chi connectivity index (χ1n) is 11.1. The summed E-state index contributed by atoms with van der Waals surface area (Å²) in [6.45, 7) is 14.5. The summed E-state index contributed by atoms with van der Waals surface area (Å²) in [4.78, 5) is 14.7. The van der Waals surface area contributed by atoms with Crippen LogP contribution < -0.4 is 0 Å². The van der Waals surface area contributed by atoms with Crippen LogP contribution in [-0.2, 0) is 6.42 Å². The van der Waals surface area contributed by atoms with Gasteiger partial charge < -0.3 is 0 Å². The molecular formula is C28H32ClN3. The molecule has 4 heteroatoms. The highest BCUT2D eigenvalue weighted by Crippen LogP contribution is 2.31. The number of nitrogens with zero attached hydrogens (tertiary/aromatic N) is 3. The van der Waals surface area contributed by atoms with Crippen LogP contribution in [0.2, 0.25) is 5.02 Å². The lowest BCUT2D eigenvalue weighted by Gasteiger charge is -2.12. The second-order valence-electron chi connectivity index (χ2n) is 8.55. The quantitative estimate of drug-likeness (QED) is 0.352. The monoisotopic (exact) mass is 445 g/mol. The minimum absolute atomic E-state index is 0.661. The Morgan fingerprint density at radius 2 is 1.34 bits per heavy atom. The van der Waals surface area contributed by atoms with Gasteiger partial charge >= 0.3 is 0 Å². The number of aliphatic imine (C=N–C) groups is 2. The number of aromatic nitrogens is 1. The lowest BCUT2D eigenvalue weighted by atomic mass is 10.0. The molecule has 0 bridgehead atoms. The summed E-state index contributed by atoms with van der Waals surface area (Å²) in [6, 6.07) is 14.5. The van der Waals surface area contributed by atoms with Gasteiger partial charge in [-0.3, -0.25) is 4.99 Å². The van der Waals surface area contributed by atoms with Gasteiger partial charge in [-0.15, -0.1) is 0 Å². The number of halogens is 1. The Balaban J connectivity index is 2.00. The summed E-state index contributed by atoms with van der Waals surface area (Å²) in [5.74, 6) is 0. The minimum Gasteiger partial charge on any atom is -0.251 e. The van der Waals surface area contributed by atoms with Crippen molar-refractivity contribution in [1.82, 2.24) is 4.98 Å². The van der Waals surface area contributed by atoms with Crippen LogP contribution >= 0.6 is 11.6 Å². The van der Waals surface area contributed by atoms with Crippen molar-refractivity contribution >= 4 is 34.4 Å². The van der Waals surface area contributed by atoms with Crippen molar-refractivity contribution in [3.63, 3.8) is 0 Å². The van der Waals surface area contributed by atoms with Crippen LogP contribution in [-0.4, -0.2) is 16.4 Å². The highest BCUT2D eigenvalue weighted by Gasteiger charge is 2.10. The van der Waals surface area contributed by atoms with E-state index in [1.165, 1.54) is 16.7 Å². The molecule has 0 aliphatic carbocycles. The van der Waals surface area contributed by atoms with Crippen molar-refractivity contribution < 1.29 is 0 Å². The van der Waals surface area contributed by atoms with Gasteiger partial charge in [0.2, 0.25) is 0 Å². The van der Waals surface area contributed by atoms with Crippen molar-refractivity contribution in [1.29, 1.82) is 0 Å². The van der Waals surface area contributed by atoms with E-state index in [4.69, 9.17) is 26.6 Å². The van der Waals surface area contributed by atoms with E-state index in [-0.39, 0.29) is 0 Å². The zero-order valence-electron chi connectivity index (χ0n) is 20.2. The average Bonchev–Trinajstić information content (AvgIpc) is 2.73. The van der Waals surface area contributed by atoms with E-state index < -0.39 is 0 Å². The smallest absolute Gasteiger partial charge is 0.0849 e. The van der Waals surface area contributed by atoms with Crippen LogP contribution in [0.1, 0.15) is 66.4 Å². The molecule has 1 aromatic heterocycles. The van der Waals surface area contributed by atoms with Gasteiger partial charge in [-0.1, -0.05) is 54.8 Å². The van der Waals surface area contributed by atoms with E-state index in [0.29, 0.717) is 5.02 Å². The Bertz CT molecular complexity index is 1180. The normalized spacial score (nSPS) is 12.4. The molecule has 0 aliphatic rings. The highest BCUT2D eigenvalue weighted by atomic mass is 35.5. The zero-order valence-corrected chi connectivity index (χ0v) is 20.9. The van der Waals surface area contributed by atoms with Crippen LogP contribution in [0.3, 0.4) is 0 Å². The molecule has 0 saturated carbocycles. The molecular weight excluding hydrogens is 414 g/mol. The fourth-order valence-corrected chi connectivity index (χ4v) is 4.37. The molecule has 0 aliphatic heterocycles. The van der Waals surface area contributed by atoms with Crippen molar-refractivity contribution in [3.05, 3.63) is 86.7 Å². The topological polar surface area (TPSA) is 37.6 Å². The molecule has 3 rings (SSSR count). The second kappa shape index (κ2) is 10.2. The predicted octanol–water partition coefficient (Wildman–Crippen LogP) is 8.20. The highest BCUT2D eigenvalue weighted by molar-refractivity contribution is 6.33. The average molecular weight is 446 g/mol. The molecule has 32 heavy (non-hydrogen) atoms. The Morgan fingerprint density at radius 3 is 1.91 bits per heavy atom. The Labute approximate surface area is 197 Å². The van der Waals surface area contributed by atoms with Gasteiger partial charge in [0.25, 0.3) is 0 Å². The standard InChI is InChI=1S/C28H32ClN3/c1-8-10-23-15-17(2)13-19(4)27(23)30-21(6)25-11-9-12-26(32-25)22(7)31-28-20(5)14-18(3)16-24(28)29/h9,11-16H,8,10H2,1-7H3/b30-21+,31-22+. The molecule has 3 aromatic rings. The van der Waals surface area contributed by atoms with Crippen LogP contribution in [0.4, 0.5) is 11.4 Å². The van der Waals surface area contributed by atoms with E-state index >= 15 is 0 Å². The molecule has 2 aromatic carbocycles. The van der Waals surface area contributed by atoms with Crippen molar-refractivity contribution in [3.8, 4) is 0 Å². The maximum atomic E-state index is 6.46. The summed E-state index contributed by atoms with van der Waals surface area (Å²) in [7, 11) is 0. The maximum Gasteiger partial charge on any atom is 0.0849 e. The number of hydrogen-bond acceptors (Lipinski definition) is 3. The van der Waals surface area contributed by atoms with Crippen LogP contribution in [0, 0.1) is 27.7 Å². The van der Waals surface area contributed by atoms with Gasteiger partial charge in [0.1, 0.15) is 0 Å². The van der Waals surface area contributed by atoms with Gasteiger partial charge in [0.05, 0.1) is 39.2 Å². The fourth-order valence-electron chi connectivity index (χ4n) is 4.01. The van der Waals surface area contributed by atoms with Gasteiger partial charge in [0, 0.05) is 0 Å². The van der Waals surface area contributed by atoms with Gasteiger partial charge in [-0.2, -0.15) is 0 Å². The number of hydrogen-bond donors (Lipinski definition) is 0.